The Kier molecular flexibility index (Phi) is 53.7. The summed E-state index contributed by atoms with van der Waals surface area (Å²) in [6.07, 6.45) is 23.6. The average molecular weight is 1330 g/mol. The molecule has 3 aromatic rings. The van der Waals surface area contributed by atoms with Gasteiger partial charge in [0.2, 0.25) is 33.6 Å². The van der Waals surface area contributed by atoms with Crippen molar-refractivity contribution in [3.05, 3.63) is 81.7 Å². The molecule has 3 aromatic carbocycles. The fraction of sp³-hybridized carbons (Fsp3) is 0.621. The fourth-order valence-corrected chi connectivity index (χ4v) is 8.11. The Morgan fingerprint density at radius 2 is 0.549 bits per heavy atom. The molecule has 0 bridgehead atoms. The predicted octanol–water partition coefficient (Wildman–Crippen LogP) is 13.9. The highest BCUT2D eigenvalue weighted by atomic mass is 79.9. The zero-order valence-corrected chi connectivity index (χ0v) is 56.2. The number of amides is 6. The van der Waals surface area contributed by atoms with E-state index in [1.54, 1.807) is 76.7 Å². The van der Waals surface area contributed by atoms with Crippen molar-refractivity contribution in [2.45, 2.75) is 158 Å². The van der Waals surface area contributed by atoms with Crippen LogP contribution in [-0.4, -0.2) is 159 Å². The minimum Gasteiger partial charge on any atom is -0.726 e. The van der Waals surface area contributed by atoms with E-state index in [4.69, 9.17) is 35.0 Å². The molecule has 0 aliphatic heterocycles. The van der Waals surface area contributed by atoms with Gasteiger partial charge in [-0.1, -0.05) is 139 Å². The second-order valence-electron chi connectivity index (χ2n) is 20.0. The molecular formula is C58H104Br2N8O12S2. The maximum Gasteiger partial charge on any atom is 0.323 e. The molecule has 0 fully saturated rings. The van der Waals surface area contributed by atoms with E-state index in [2.05, 4.69) is 109 Å². The van der Waals surface area contributed by atoms with Crippen LogP contribution in [0.1, 0.15) is 158 Å². The van der Waals surface area contributed by atoms with Crippen LogP contribution in [0.2, 0.25) is 0 Å². The van der Waals surface area contributed by atoms with Crippen molar-refractivity contribution in [3.8, 4) is 0 Å². The maximum atomic E-state index is 12.0. The average Bonchev–Trinajstić information content (AvgIpc) is 3.41. The lowest BCUT2D eigenvalue weighted by Gasteiger charge is -2.39. The first-order valence-corrected chi connectivity index (χ1v) is 32.9. The van der Waals surface area contributed by atoms with Crippen LogP contribution in [0, 0.1) is 0 Å². The van der Waals surface area contributed by atoms with Gasteiger partial charge in [0.05, 0.1) is 52.4 Å². The molecule has 82 heavy (non-hydrogen) atoms. The highest BCUT2D eigenvalue weighted by Gasteiger charge is 2.26. The molecule has 0 saturated carbocycles. The molecule has 0 aromatic heterocycles. The zero-order valence-electron chi connectivity index (χ0n) is 51.4. The van der Waals surface area contributed by atoms with Crippen LogP contribution in [0.25, 0.3) is 0 Å². The third kappa shape index (κ3) is 57.6. The van der Waals surface area contributed by atoms with E-state index in [0.717, 1.165) is 21.8 Å². The van der Waals surface area contributed by atoms with Crippen molar-refractivity contribution in [1.82, 2.24) is 9.80 Å². The molecule has 24 heteroatoms. The van der Waals surface area contributed by atoms with Crippen LogP contribution >= 0.6 is 31.9 Å². The Bertz CT molecular complexity index is 2020. The molecule has 0 spiro atoms. The summed E-state index contributed by atoms with van der Waals surface area (Å²) in [7, 11) is -3.08. The lowest BCUT2D eigenvalue weighted by molar-refractivity contribution is -0.929. The predicted molar refractivity (Wildman–Crippen MR) is 343 cm³/mol. The van der Waals surface area contributed by atoms with Crippen LogP contribution < -0.4 is 21.3 Å². The van der Waals surface area contributed by atoms with Gasteiger partial charge in [0, 0.05) is 59.9 Å². The van der Waals surface area contributed by atoms with Crippen molar-refractivity contribution >= 4 is 100 Å². The number of carbonyl (C=O) groups is 4. The number of hydrogen-bond donors (Lipinski definition) is 6. The molecule has 20 nitrogen and oxygen atoms in total. The van der Waals surface area contributed by atoms with Gasteiger partial charge >= 0.3 is 12.1 Å². The van der Waals surface area contributed by atoms with Gasteiger partial charge < -0.3 is 49.1 Å². The number of halogens is 2. The van der Waals surface area contributed by atoms with Crippen LogP contribution in [0.5, 0.6) is 0 Å². The van der Waals surface area contributed by atoms with Crippen LogP contribution in [0.15, 0.2) is 81.7 Å². The van der Waals surface area contributed by atoms with Crippen molar-refractivity contribution in [1.29, 1.82) is 0 Å². The lowest BCUT2D eigenvalue weighted by atomic mass is 10.1. The number of nitrogens with one attached hydrogen (secondary N) is 4. The van der Waals surface area contributed by atoms with Crippen molar-refractivity contribution in [3.63, 3.8) is 0 Å². The minimum absolute atomic E-state index is 0.351. The van der Waals surface area contributed by atoms with Gasteiger partial charge in [0.1, 0.15) is 0 Å². The topological polar surface area (TPSA) is 278 Å². The number of quaternary nitrogens is 2. The van der Waals surface area contributed by atoms with Gasteiger partial charge in [0.25, 0.3) is 0 Å². The van der Waals surface area contributed by atoms with E-state index in [0.29, 0.717) is 22.7 Å². The number of benzene rings is 3. The van der Waals surface area contributed by atoms with Gasteiger partial charge in [0.15, 0.2) is 0 Å². The Morgan fingerprint density at radius 3 is 0.671 bits per heavy atom. The highest BCUT2D eigenvalue weighted by molar-refractivity contribution is 9.10. The molecule has 474 valence electrons. The van der Waals surface area contributed by atoms with Crippen molar-refractivity contribution in [2.24, 2.45) is 0 Å². The first-order chi connectivity index (χ1) is 38.5. The Hall–Kier alpha value is -4.24. The quantitative estimate of drug-likeness (QED) is 0.0157. The van der Waals surface area contributed by atoms with E-state index in [-0.39, 0.29) is 12.1 Å². The third-order valence-corrected chi connectivity index (χ3v) is 13.0. The number of unbranched alkanes of at least 4 members (excludes halogenated alkanes) is 8. The van der Waals surface area contributed by atoms with E-state index in [9.17, 15) is 19.2 Å². The molecule has 0 radical (unpaired) electrons. The largest absolute Gasteiger partial charge is 0.726 e. The first-order valence-electron chi connectivity index (χ1n) is 28.6. The van der Waals surface area contributed by atoms with Gasteiger partial charge in [-0.2, -0.15) is 0 Å². The lowest BCUT2D eigenvalue weighted by Crippen LogP contribution is -2.50. The van der Waals surface area contributed by atoms with Crippen molar-refractivity contribution in [2.75, 3.05) is 102 Å². The number of hydrogen-bond acceptors (Lipinski definition) is 10. The zero-order chi connectivity index (χ0) is 63.5. The Balaban J connectivity index is -0.000000490. The molecule has 3 rings (SSSR count). The second-order valence-corrected chi connectivity index (χ2v) is 23.6. The summed E-state index contributed by atoms with van der Waals surface area (Å²) in [6.45, 7) is 30.0. The van der Waals surface area contributed by atoms with Crippen LogP contribution in [0.3, 0.4) is 0 Å². The monoisotopic (exact) mass is 1330 g/mol. The van der Waals surface area contributed by atoms with E-state index in [1.165, 1.54) is 174 Å². The smallest absolute Gasteiger partial charge is 0.323 e. The molecule has 0 atom stereocenters. The summed E-state index contributed by atoms with van der Waals surface area (Å²) in [5.74, 6) is 0. The van der Waals surface area contributed by atoms with Crippen molar-refractivity contribution < 1.29 is 63.2 Å². The molecule has 0 saturated heterocycles. The summed E-state index contributed by atoms with van der Waals surface area (Å²) >= 11 is 6.69. The van der Waals surface area contributed by atoms with Gasteiger partial charge in [-0.3, -0.25) is 18.7 Å². The molecule has 0 aliphatic rings. The Morgan fingerprint density at radius 1 is 0.415 bits per heavy atom. The van der Waals surface area contributed by atoms with Crippen LogP contribution in [-0.2, 0) is 30.4 Å². The molecule has 6 N–H and O–H groups in total. The molecular weight excluding hydrogens is 1220 g/mol. The summed E-state index contributed by atoms with van der Waals surface area (Å²) in [4.78, 5) is 45.8. The van der Waals surface area contributed by atoms with Gasteiger partial charge in [-0.15, -0.1) is 0 Å². The Labute approximate surface area is 511 Å². The van der Waals surface area contributed by atoms with Gasteiger partial charge in [-0.05, 0) is 124 Å². The summed E-state index contributed by atoms with van der Waals surface area (Å²) in [5.41, 5.74) is 2.58. The van der Waals surface area contributed by atoms with Crippen LogP contribution in [0.4, 0.5) is 32.3 Å². The summed E-state index contributed by atoms with van der Waals surface area (Å²) in [6, 6.07) is 20.7. The summed E-state index contributed by atoms with van der Waals surface area (Å²) in [5, 5.41) is 11.0. The third-order valence-electron chi connectivity index (χ3n) is 11.9. The van der Waals surface area contributed by atoms with E-state index >= 15 is 0 Å². The maximum absolute atomic E-state index is 12.0. The number of rotatable bonds is 30. The molecule has 0 heterocycles. The molecule has 0 aliphatic carbocycles. The number of urea groups is 2. The number of carbonyl (C=O) groups excluding carboxylic acids is 4. The van der Waals surface area contributed by atoms with E-state index < -0.39 is 20.8 Å². The normalized spacial score (nSPS) is 10.7. The van der Waals surface area contributed by atoms with Gasteiger partial charge in [-0.25, -0.2) is 26.4 Å². The molecule has 0 unspecified atom stereocenters. The number of nitrogens with zero attached hydrogens (tertiary/aromatic N) is 4. The SMILES string of the molecule is CCCC[N+](CCCC)(CCCC)CCCC.CCCC[N+](CCCC)(CCCC)CCCC.CN(C)C=O.CN(C)C=O.O=C(Nc1ccc(Br)cc1)Nc1ccc(NC(=O)Nc2ccc(Br)cc2)cc1.O=S(=O)([O-])O.O=S(=O)([O-])O. The standard InChI is InChI=1S/C20H16Br2N4O2.2C16H36N.2C3H7NO.2H2O4S/c21-13-1-5-15(6-2-13)23-19(27)25-17-9-11-18(12-10-17)26-20(28)24-16-7-3-14(22)4-8-16;2*1-5-9-13-17(14-10-6-2,15-11-7-3)16-12-8-4;2*1-4(2)3-5;2*1-5(2,3)4/h1-12H,(H2,23,25,27)(H2,24,26,28);2*5-16H2,1-4H3;2*3H,1-2H3;2*(H2,1,2,3,4)/q;2*+1;;;;/p-2. The van der Waals surface area contributed by atoms with E-state index in [1.807, 2.05) is 24.3 Å². The minimum atomic E-state index is -4.92. The highest BCUT2D eigenvalue weighted by Crippen LogP contribution is 2.20. The fourth-order valence-electron chi connectivity index (χ4n) is 7.58. The molecule has 6 amide bonds. The first kappa shape index (κ1) is 84.2. The summed E-state index contributed by atoms with van der Waals surface area (Å²) < 4.78 is 70.4. The number of anilines is 4. The second kappa shape index (κ2) is 52.3.